The number of hydrogen-bond donors (Lipinski definition) is 1. The van der Waals surface area contributed by atoms with Crippen LogP contribution < -0.4 is 5.32 Å². The molecule has 0 radical (unpaired) electrons. The fraction of sp³-hybridized carbons (Fsp3) is 0.903. The molecule has 5 heteroatoms. The molecule has 0 aromatic rings. The fourth-order valence-corrected chi connectivity index (χ4v) is 6.04. The SMILES string of the molecule is C=C(C)C(=O)OCC[N+](C)(C)CCCCCCCCCCCC[N+](C)(C)C1CC(C)(C)NC(C)(C)C1. The van der Waals surface area contributed by atoms with E-state index in [-0.39, 0.29) is 17.0 Å². The quantitative estimate of drug-likeness (QED) is 0.0996. The van der Waals surface area contributed by atoms with Crippen molar-refractivity contribution < 1.29 is 18.5 Å². The van der Waals surface area contributed by atoms with Crippen molar-refractivity contribution in [1.82, 2.24) is 5.32 Å². The number of hydrogen-bond acceptors (Lipinski definition) is 3. The third-order valence-electron chi connectivity index (χ3n) is 8.18. The van der Waals surface area contributed by atoms with Gasteiger partial charge in [0.15, 0.2) is 0 Å². The maximum atomic E-state index is 11.5. The monoisotopic (exact) mass is 509 g/mol. The van der Waals surface area contributed by atoms with E-state index in [9.17, 15) is 4.79 Å². The maximum Gasteiger partial charge on any atom is 0.333 e. The second-order valence-electron chi connectivity index (χ2n) is 14.3. The van der Waals surface area contributed by atoms with Crippen LogP contribution in [-0.2, 0) is 9.53 Å². The smallest absolute Gasteiger partial charge is 0.333 e. The summed E-state index contributed by atoms with van der Waals surface area (Å²) in [7, 11) is 9.37. The molecule has 0 unspecified atom stereocenters. The van der Waals surface area contributed by atoms with Gasteiger partial charge in [0, 0.05) is 29.5 Å². The Hall–Kier alpha value is -0.910. The third-order valence-corrected chi connectivity index (χ3v) is 8.18. The summed E-state index contributed by atoms with van der Waals surface area (Å²) in [5, 5.41) is 3.84. The van der Waals surface area contributed by atoms with Crippen LogP contribution in [0.4, 0.5) is 0 Å². The molecule has 1 heterocycles. The highest BCUT2D eigenvalue weighted by Gasteiger charge is 2.44. The Kier molecular flexibility index (Phi) is 13.7. The Bertz CT molecular complexity index is 651. The summed E-state index contributed by atoms with van der Waals surface area (Å²) >= 11 is 0. The van der Waals surface area contributed by atoms with Crippen molar-refractivity contribution in [1.29, 1.82) is 0 Å². The standard InChI is InChI=1S/C31H63N3O2/c1-27(2)29(35)36-24-23-33(7,8)21-19-17-15-13-11-12-14-16-18-20-22-34(9,10)28-25-30(3,4)32-31(5,6)26-28/h28,32H,1,11-26H2,2-10H3/q+2. The predicted octanol–water partition coefficient (Wildman–Crippen LogP) is 6.47. The molecular weight excluding hydrogens is 446 g/mol. The van der Waals surface area contributed by atoms with Gasteiger partial charge in [-0.25, -0.2) is 4.79 Å². The number of rotatable bonds is 18. The molecule has 1 rings (SSSR count). The van der Waals surface area contributed by atoms with Crippen LogP contribution in [0.5, 0.6) is 0 Å². The Morgan fingerprint density at radius 3 is 1.64 bits per heavy atom. The Morgan fingerprint density at radius 1 is 0.778 bits per heavy atom. The molecule has 1 aliphatic rings. The average molecular weight is 510 g/mol. The highest BCUT2D eigenvalue weighted by molar-refractivity contribution is 5.86. The molecule has 0 amide bonds. The summed E-state index contributed by atoms with van der Waals surface area (Å²) in [4.78, 5) is 11.5. The molecule has 0 saturated carbocycles. The fourth-order valence-electron chi connectivity index (χ4n) is 6.04. The Labute approximate surface area is 225 Å². The summed E-state index contributed by atoms with van der Waals surface area (Å²) in [6, 6.07) is 0.750. The number of nitrogens with one attached hydrogen (secondary N) is 1. The van der Waals surface area contributed by atoms with Crippen LogP contribution in [0.3, 0.4) is 0 Å². The van der Waals surface area contributed by atoms with Crippen LogP contribution in [0.15, 0.2) is 12.2 Å². The largest absolute Gasteiger partial charge is 0.456 e. The number of quaternary nitrogens is 2. The van der Waals surface area contributed by atoms with Gasteiger partial charge in [0.05, 0.1) is 47.3 Å². The molecule has 0 atom stereocenters. The van der Waals surface area contributed by atoms with Gasteiger partial charge in [-0.2, -0.15) is 0 Å². The molecule has 212 valence electrons. The number of ether oxygens (including phenoxy) is 1. The zero-order chi connectivity index (χ0) is 27.5. The van der Waals surface area contributed by atoms with Crippen molar-refractivity contribution in [2.45, 2.75) is 129 Å². The first kappa shape index (κ1) is 33.1. The predicted molar refractivity (Wildman–Crippen MR) is 155 cm³/mol. The van der Waals surface area contributed by atoms with Gasteiger partial charge in [-0.1, -0.05) is 45.1 Å². The molecule has 0 bridgehead atoms. The molecule has 1 fully saturated rings. The van der Waals surface area contributed by atoms with Crippen molar-refractivity contribution in [3.05, 3.63) is 12.2 Å². The van der Waals surface area contributed by atoms with Crippen molar-refractivity contribution in [2.75, 3.05) is 54.4 Å². The molecule has 0 aromatic carbocycles. The normalized spacial score (nSPS) is 18.2. The lowest BCUT2D eigenvalue weighted by atomic mass is 9.78. The lowest BCUT2D eigenvalue weighted by Gasteiger charge is -2.51. The van der Waals surface area contributed by atoms with Crippen LogP contribution in [0, 0.1) is 0 Å². The van der Waals surface area contributed by atoms with Gasteiger partial charge in [-0.3, -0.25) is 0 Å². The lowest BCUT2D eigenvalue weighted by Crippen LogP contribution is -2.65. The highest BCUT2D eigenvalue weighted by Crippen LogP contribution is 2.33. The van der Waals surface area contributed by atoms with E-state index < -0.39 is 0 Å². The number of piperidine rings is 1. The maximum absolute atomic E-state index is 11.5. The van der Waals surface area contributed by atoms with E-state index in [0.29, 0.717) is 12.2 Å². The molecule has 1 saturated heterocycles. The van der Waals surface area contributed by atoms with E-state index in [1.54, 1.807) is 6.92 Å². The van der Waals surface area contributed by atoms with Crippen LogP contribution in [0.2, 0.25) is 0 Å². The summed E-state index contributed by atoms with van der Waals surface area (Å²) < 4.78 is 7.33. The van der Waals surface area contributed by atoms with E-state index in [1.807, 2.05) is 0 Å². The topological polar surface area (TPSA) is 38.3 Å². The second kappa shape index (κ2) is 14.9. The van der Waals surface area contributed by atoms with Gasteiger partial charge in [0.1, 0.15) is 13.2 Å². The summed E-state index contributed by atoms with van der Waals surface area (Å²) in [5.74, 6) is -0.275. The van der Waals surface area contributed by atoms with E-state index in [1.165, 1.54) is 88.1 Å². The average Bonchev–Trinajstić information content (AvgIpc) is 2.72. The van der Waals surface area contributed by atoms with E-state index >= 15 is 0 Å². The molecule has 0 spiro atoms. The van der Waals surface area contributed by atoms with Gasteiger partial charge < -0.3 is 19.0 Å². The van der Waals surface area contributed by atoms with Crippen molar-refractivity contribution in [2.24, 2.45) is 0 Å². The first-order valence-corrected chi connectivity index (χ1v) is 14.8. The lowest BCUT2D eigenvalue weighted by molar-refractivity contribution is -0.917. The minimum absolute atomic E-state index is 0.235. The van der Waals surface area contributed by atoms with Crippen LogP contribution in [-0.4, -0.2) is 86.5 Å². The minimum Gasteiger partial charge on any atom is -0.456 e. The number of esters is 1. The zero-order valence-corrected chi connectivity index (χ0v) is 25.8. The molecule has 1 aliphatic heterocycles. The highest BCUT2D eigenvalue weighted by atomic mass is 16.5. The Balaban J connectivity index is 2.04. The second-order valence-corrected chi connectivity index (χ2v) is 14.3. The van der Waals surface area contributed by atoms with E-state index in [2.05, 4.69) is 67.8 Å². The van der Waals surface area contributed by atoms with Crippen LogP contribution in [0.25, 0.3) is 0 Å². The summed E-state index contributed by atoms with van der Waals surface area (Å²) in [6.45, 7) is 18.6. The first-order chi connectivity index (χ1) is 16.6. The molecular formula is C31H63N3O2+2. The van der Waals surface area contributed by atoms with Crippen LogP contribution in [0.1, 0.15) is 112 Å². The van der Waals surface area contributed by atoms with Crippen molar-refractivity contribution >= 4 is 5.97 Å². The van der Waals surface area contributed by atoms with Gasteiger partial charge >= 0.3 is 5.97 Å². The van der Waals surface area contributed by atoms with Gasteiger partial charge in [-0.05, 0) is 60.3 Å². The van der Waals surface area contributed by atoms with Crippen molar-refractivity contribution in [3.63, 3.8) is 0 Å². The third kappa shape index (κ3) is 14.1. The van der Waals surface area contributed by atoms with Gasteiger partial charge in [0.25, 0.3) is 0 Å². The molecule has 5 nitrogen and oxygen atoms in total. The number of unbranched alkanes of at least 4 members (excludes halogenated alkanes) is 9. The van der Waals surface area contributed by atoms with E-state index in [4.69, 9.17) is 4.74 Å². The van der Waals surface area contributed by atoms with Crippen molar-refractivity contribution in [3.8, 4) is 0 Å². The number of carbonyl (C=O) groups excluding carboxylic acids is 1. The summed E-state index contributed by atoms with van der Waals surface area (Å²) in [5.41, 5.74) is 0.946. The number of carbonyl (C=O) groups is 1. The molecule has 0 aromatic heterocycles. The van der Waals surface area contributed by atoms with Gasteiger partial charge in [0.2, 0.25) is 0 Å². The first-order valence-electron chi connectivity index (χ1n) is 14.8. The van der Waals surface area contributed by atoms with Crippen LogP contribution >= 0.6 is 0 Å². The molecule has 0 aliphatic carbocycles. The molecule has 1 N–H and O–H groups in total. The van der Waals surface area contributed by atoms with Gasteiger partial charge in [-0.15, -0.1) is 0 Å². The molecule has 36 heavy (non-hydrogen) atoms. The Morgan fingerprint density at radius 2 is 1.19 bits per heavy atom. The zero-order valence-electron chi connectivity index (χ0n) is 25.8. The number of nitrogens with zero attached hydrogens (tertiary/aromatic N) is 2. The van der Waals surface area contributed by atoms with E-state index in [0.717, 1.165) is 23.6 Å². The number of likely N-dealkylation sites (N-methyl/N-ethyl adjacent to an activating group) is 1. The minimum atomic E-state index is -0.275. The summed E-state index contributed by atoms with van der Waals surface area (Å²) in [6.07, 6.45) is 16.1.